The Labute approximate surface area is 174 Å². The summed E-state index contributed by atoms with van der Waals surface area (Å²) in [7, 11) is -3.77. The van der Waals surface area contributed by atoms with Crippen molar-refractivity contribution in [1.82, 2.24) is 0 Å². The molecule has 0 heterocycles. The third kappa shape index (κ3) is 5.64. The summed E-state index contributed by atoms with van der Waals surface area (Å²) in [6.45, 7) is 5.39. The Hall–Kier alpha value is -2.22. The number of amides is 1. The number of halogens is 2. The molecule has 2 aromatic carbocycles. The minimum atomic E-state index is -3.77. The number of ether oxygens (including phenoxy) is 1. The predicted octanol–water partition coefficient (Wildman–Crippen LogP) is 4.35. The van der Waals surface area contributed by atoms with Gasteiger partial charge in [-0.25, -0.2) is 8.42 Å². The molecule has 0 saturated heterocycles. The summed E-state index contributed by atoms with van der Waals surface area (Å²) in [5.74, 6) is 0.0344. The molecule has 0 aromatic heterocycles. The maximum Gasteiger partial charge on any atom is 0.247 e. The molecule has 2 aromatic rings. The van der Waals surface area contributed by atoms with Gasteiger partial charge in [-0.05, 0) is 37.3 Å². The third-order valence-electron chi connectivity index (χ3n) is 3.72. The van der Waals surface area contributed by atoms with E-state index in [4.69, 9.17) is 27.9 Å². The van der Waals surface area contributed by atoms with Gasteiger partial charge in [0.1, 0.15) is 18.4 Å². The summed E-state index contributed by atoms with van der Waals surface area (Å²) < 4.78 is 31.1. The Kier molecular flexibility index (Phi) is 7.35. The Morgan fingerprint density at radius 3 is 2.57 bits per heavy atom. The Bertz CT molecular complexity index is 980. The number of benzene rings is 2. The number of rotatable bonds is 8. The molecule has 0 fully saturated rings. The SMILES string of the molecule is C=CCOc1cccc(NC(=O)C(C)N(c2ccc(Cl)c(Cl)c2)S(C)(=O)=O)c1. The molecule has 0 aliphatic carbocycles. The van der Waals surface area contributed by atoms with Gasteiger partial charge in [-0.15, -0.1) is 0 Å². The fourth-order valence-electron chi connectivity index (χ4n) is 2.50. The van der Waals surface area contributed by atoms with Crippen LogP contribution in [0.1, 0.15) is 6.92 Å². The van der Waals surface area contributed by atoms with Crippen LogP contribution in [0.5, 0.6) is 5.75 Å². The van der Waals surface area contributed by atoms with E-state index in [1.165, 1.54) is 25.1 Å². The third-order valence-corrected chi connectivity index (χ3v) is 5.70. The highest BCUT2D eigenvalue weighted by Crippen LogP contribution is 2.30. The standard InChI is InChI=1S/C19H20Cl2N2O4S/c1-4-10-27-16-7-5-6-14(11-16)22-19(24)13(2)23(28(3,25)26)15-8-9-17(20)18(21)12-15/h4-9,11-13H,1,10H2,2-3H3,(H,22,24). The second-order valence-electron chi connectivity index (χ2n) is 5.95. The zero-order valence-electron chi connectivity index (χ0n) is 15.4. The number of nitrogens with zero attached hydrogens (tertiary/aromatic N) is 1. The lowest BCUT2D eigenvalue weighted by Gasteiger charge is -2.28. The first-order valence-electron chi connectivity index (χ1n) is 8.22. The molecule has 0 aliphatic rings. The van der Waals surface area contributed by atoms with Gasteiger partial charge < -0.3 is 10.1 Å². The van der Waals surface area contributed by atoms with Crippen molar-refractivity contribution in [3.05, 3.63) is 65.2 Å². The fourth-order valence-corrected chi connectivity index (χ4v) is 3.96. The van der Waals surface area contributed by atoms with E-state index >= 15 is 0 Å². The van der Waals surface area contributed by atoms with Crippen molar-refractivity contribution in [2.75, 3.05) is 22.5 Å². The molecule has 1 atom stereocenters. The molecule has 150 valence electrons. The summed E-state index contributed by atoms with van der Waals surface area (Å²) in [6, 6.07) is 10.1. The first-order chi connectivity index (χ1) is 13.1. The number of carbonyl (C=O) groups is 1. The Balaban J connectivity index is 2.27. The van der Waals surface area contributed by atoms with Crippen LogP contribution >= 0.6 is 23.2 Å². The summed E-state index contributed by atoms with van der Waals surface area (Å²) in [5, 5.41) is 3.17. The normalized spacial score (nSPS) is 12.1. The van der Waals surface area contributed by atoms with Gasteiger partial charge in [0.25, 0.3) is 0 Å². The van der Waals surface area contributed by atoms with Crippen LogP contribution in [0.4, 0.5) is 11.4 Å². The number of hydrogen-bond donors (Lipinski definition) is 1. The van der Waals surface area contributed by atoms with E-state index in [0.717, 1.165) is 10.6 Å². The maximum atomic E-state index is 12.7. The Morgan fingerprint density at radius 2 is 1.96 bits per heavy atom. The molecule has 1 N–H and O–H groups in total. The van der Waals surface area contributed by atoms with Gasteiger partial charge in [-0.3, -0.25) is 9.10 Å². The first-order valence-corrected chi connectivity index (χ1v) is 10.8. The van der Waals surface area contributed by atoms with E-state index < -0.39 is 22.0 Å². The van der Waals surface area contributed by atoms with Crippen molar-refractivity contribution >= 4 is 50.5 Å². The van der Waals surface area contributed by atoms with E-state index in [1.807, 2.05) is 0 Å². The molecule has 0 saturated carbocycles. The minimum Gasteiger partial charge on any atom is -0.489 e. The van der Waals surface area contributed by atoms with Crippen LogP contribution in [-0.4, -0.2) is 33.2 Å². The monoisotopic (exact) mass is 442 g/mol. The van der Waals surface area contributed by atoms with Crippen molar-refractivity contribution in [3.8, 4) is 5.75 Å². The lowest BCUT2D eigenvalue weighted by Crippen LogP contribution is -2.45. The quantitative estimate of drug-likeness (QED) is 0.616. The highest BCUT2D eigenvalue weighted by Gasteiger charge is 2.29. The van der Waals surface area contributed by atoms with Gasteiger partial charge in [0, 0.05) is 11.8 Å². The Morgan fingerprint density at radius 1 is 1.25 bits per heavy atom. The molecule has 0 spiro atoms. The molecular weight excluding hydrogens is 423 g/mol. The largest absolute Gasteiger partial charge is 0.489 e. The van der Waals surface area contributed by atoms with E-state index in [0.29, 0.717) is 18.0 Å². The number of carbonyl (C=O) groups excluding carboxylic acids is 1. The summed E-state index contributed by atoms with van der Waals surface area (Å²) in [6.07, 6.45) is 2.62. The van der Waals surface area contributed by atoms with Gasteiger partial charge in [0.2, 0.25) is 15.9 Å². The molecular formula is C19H20Cl2N2O4S. The van der Waals surface area contributed by atoms with Crippen LogP contribution in [0.3, 0.4) is 0 Å². The number of nitrogens with one attached hydrogen (secondary N) is 1. The topological polar surface area (TPSA) is 75.7 Å². The van der Waals surface area contributed by atoms with Crippen LogP contribution in [0.15, 0.2) is 55.1 Å². The minimum absolute atomic E-state index is 0.187. The fraction of sp³-hybridized carbons (Fsp3) is 0.211. The molecule has 0 bridgehead atoms. The number of hydrogen-bond acceptors (Lipinski definition) is 4. The summed E-state index contributed by atoms with van der Waals surface area (Å²) in [4.78, 5) is 12.7. The van der Waals surface area contributed by atoms with E-state index in [9.17, 15) is 13.2 Å². The van der Waals surface area contributed by atoms with Gasteiger partial charge >= 0.3 is 0 Å². The summed E-state index contributed by atoms with van der Waals surface area (Å²) >= 11 is 11.9. The van der Waals surface area contributed by atoms with Crippen molar-refractivity contribution in [3.63, 3.8) is 0 Å². The van der Waals surface area contributed by atoms with Crippen molar-refractivity contribution in [2.45, 2.75) is 13.0 Å². The average molecular weight is 443 g/mol. The van der Waals surface area contributed by atoms with Crippen molar-refractivity contribution in [2.24, 2.45) is 0 Å². The highest BCUT2D eigenvalue weighted by atomic mass is 35.5. The van der Waals surface area contributed by atoms with Crippen LogP contribution in [-0.2, 0) is 14.8 Å². The van der Waals surface area contributed by atoms with Gasteiger partial charge in [-0.1, -0.05) is 41.9 Å². The molecule has 1 amide bonds. The maximum absolute atomic E-state index is 12.7. The first kappa shape index (κ1) is 22.1. The average Bonchev–Trinajstić information content (AvgIpc) is 2.62. The molecule has 1 unspecified atom stereocenters. The lowest BCUT2D eigenvalue weighted by atomic mass is 10.2. The van der Waals surface area contributed by atoms with Gasteiger partial charge in [0.05, 0.1) is 22.0 Å². The summed E-state index contributed by atoms with van der Waals surface area (Å²) in [5.41, 5.74) is 0.712. The van der Waals surface area contributed by atoms with Crippen molar-refractivity contribution in [1.29, 1.82) is 0 Å². The molecule has 9 heteroatoms. The zero-order chi connectivity index (χ0) is 20.9. The second kappa shape index (κ2) is 9.32. The smallest absolute Gasteiger partial charge is 0.247 e. The van der Waals surface area contributed by atoms with Crippen molar-refractivity contribution < 1.29 is 17.9 Å². The lowest BCUT2D eigenvalue weighted by molar-refractivity contribution is -0.116. The van der Waals surface area contributed by atoms with Crippen LogP contribution < -0.4 is 14.4 Å². The van der Waals surface area contributed by atoms with Gasteiger partial charge in [-0.2, -0.15) is 0 Å². The zero-order valence-corrected chi connectivity index (χ0v) is 17.7. The van der Waals surface area contributed by atoms with Crippen LogP contribution in [0, 0.1) is 0 Å². The van der Waals surface area contributed by atoms with Gasteiger partial charge in [0.15, 0.2) is 0 Å². The van der Waals surface area contributed by atoms with E-state index in [2.05, 4.69) is 11.9 Å². The number of sulfonamides is 1. The number of anilines is 2. The molecule has 28 heavy (non-hydrogen) atoms. The van der Waals surface area contributed by atoms with Crippen LogP contribution in [0.2, 0.25) is 10.0 Å². The second-order valence-corrected chi connectivity index (χ2v) is 8.62. The predicted molar refractivity (Wildman–Crippen MR) is 114 cm³/mol. The molecule has 6 nitrogen and oxygen atoms in total. The van der Waals surface area contributed by atoms with E-state index in [-0.39, 0.29) is 15.7 Å². The molecule has 2 rings (SSSR count). The molecule has 0 radical (unpaired) electrons. The highest BCUT2D eigenvalue weighted by molar-refractivity contribution is 7.92. The van der Waals surface area contributed by atoms with E-state index in [1.54, 1.807) is 30.3 Å². The van der Waals surface area contributed by atoms with Crippen LogP contribution in [0.25, 0.3) is 0 Å². The molecule has 0 aliphatic heterocycles.